The summed E-state index contributed by atoms with van der Waals surface area (Å²) in [4.78, 5) is 27.7. The second-order valence-electron chi connectivity index (χ2n) is 7.87. The SMILES string of the molecule is COC(=O)c1[nH]c2c(c1C)C(=O)C[C@H](c1ccc(C(C)(C)C)cc1)C2. The molecule has 1 aliphatic carbocycles. The molecule has 0 radical (unpaired) electrons. The van der Waals surface area contributed by atoms with Crippen LogP contribution in [0.15, 0.2) is 24.3 Å². The number of fused-ring (bicyclic) bond motifs is 1. The van der Waals surface area contributed by atoms with E-state index in [9.17, 15) is 9.59 Å². The molecule has 0 spiro atoms. The Morgan fingerprint density at radius 2 is 1.80 bits per heavy atom. The Labute approximate surface area is 148 Å². The number of benzene rings is 1. The van der Waals surface area contributed by atoms with Crippen molar-refractivity contribution in [2.24, 2.45) is 0 Å². The van der Waals surface area contributed by atoms with Crippen LogP contribution in [0.2, 0.25) is 0 Å². The van der Waals surface area contributed by atoms with Gasteiger partial charge in [0, 0.05) is 17.7 Å². The molecule has 0 saturated heterocycles. The van der Waals surface area contributed by atoms with Crippen LogP contribution in [0.4, 0.5) is 0 Å². The van der Waals surface area contributed by atoms with Gasteiger partial charge in [-0.25, -0.2) is 4.79 Å². The van der Waals surface area contributed by atoms with Crippen molar-refractivity contribution in [3.05, 3.63) is 57.9 Å². The predicted molar refractivity (Wildman–Crippen MR) is 97.4 cm³/mol. The molecule has 0 amide bonds. The minimum absolute atomic E-state index is 0.0926. The van der Waals surface area contributed by atoms with E-state index in [1.54, 1.807) is 6.92 Å². The van der Waals surface area contributed by atoms with Crippen LogP contribution in [0, 0.1) is 6.92 Å². The van der Waals surface area contributed by atoms with Crippen molar-refractivity contribution in [2.75, 3.05) is 7.11 Å². The zero-order chi connectivity index (χ0) is 18.4. The molecule has 1 atom stereocenters. The number of rotatable bonds is 2. The van der Waals surface area contributed by atoms with E-state index in [0.717, 1.165) is 12.1 Å². The average Bonchev–Trinajstić information content (AvgIpc) is 2.90. The van der Waals surface area contributed by atoms with Gasteiger partial charge < -0.3 is 9.72 Å². The quantitative estimate of drug-likeness (QED) is 0.829. The lowest BCUT2D eigenvalue weighted by Crippen LogP contribution is -2.19. The van der Waals surface area contributed by atoms with Crippen molar-refractivity contribution in [1.82, 2.24) is 4.98 Å². The standard InChI is InChI=1S/C21H25NO3/c1-12-18-16(22-19(12)20(24)25-5)10-14(11-17(18)23)13-6-8-15(9-7-13)21(2,3)4/h6-9,14,22H,10-11H2,1-5H3/t14-/m1/s1. The highest BCUT2D eigenvalue weighted by molar-refractivity contribution is 6.03. The van der Waals surface area contributed by atoms with Crippen LogP contribution < -0.4 is 0 Å². The number of Topliss-reactive ketones (excluding diaryl/α,β-unsaturated/α-hetero) is 1. The van der Waals surface area contributed by atoms with Gasteiger partial charge in [-0.1, -0.05) is 45.0 Å². The summed E-state index contributed by atoms with van der Waals surface area (Å²) < 4.78 is 4.81. The number of ether oxygens (including phenoxy) is 1. The maximum Gasteiger partial charge on any atom is 0.354 e. The summed E-state index contributed by atoms with van der Waals surface area (Å²) in [6.07, 6.45) is 1.20. The average molecular weight is 339 g/mol. The van der Waals surface area contributed by atoms with E-state index in [0.29, 0.717) is 23.2 Å². The zero-order valence-corrected chi connectivity index (χ0v) is 15.5. The third-order valence-corrected chi connectivity index (χ3v) is 5.13. The second kappa shape index (κ2) is 6.17. The molecule has 0 aliphatic heterocycles. The highest BCUT2D eigenvalue weighted by Crippen LogP contribution is 2.36. The minimum Gasteiger partial charge on any atom is -0.464 e. The van der Waals surface area contributed by atoms with Crippen molar-refractivity contribution < 1.29 is 14.3 Å². The topological polar surface area (TPSA) is 59.2 Å². The molecule has 1 heterocycles. The number of nitrogens with one attached hydrogen (secondary N) is 1. The lowest BCUT2D eigenvalue weighted by atomic mass is 9.80. The number of hydrogen-bond donors (Lipinski definition) is 1. The van der Waals surface area contributed by atoms with Crippen LogP contribution >= 0.6 is 0 Å². The predicted octanol–water partition coefficient (Wildman–Crippen LogP) is 4.32. The Morgan fingerprint density at radius 1 is 1.16 bits per heavy atom. The zero-order valence-electron chi connectivity index (χ0n) is 15.5. The molecular formula is C21H25NO3. The molecule has 0 saturated carbocycles. The molecule has 0 bridgehead atoms. The number of H-pyrrole nitrogens is 1. The lowest BCUT2D eigenvalue weighted by molar-refractivity contribution is 0.0593. The van der Waals surface area contributed by atoms with Gasteiger partial charge in [-0.05, 0) is 41.4 Å². The molecule has 132 valence electrons. The molecule has 0 unspecified atom stereocenters. The van der Waals surface area contributed by atoms with Crippen molar-refractivity contribution in [2.45, 2.75) is 51.9 Å². The molecule has 1 N–H and O–H groups in total. The number of esters is 1. The van der Waals surface area contributed by atoms with Crippen LogP contribution in [0.5, 0.6) is 0 Å². The van der Waals surface area contributed by atoms with E-state index < -0.39 is 5.97 Å². The first-order chi connectivity index (χ1) is 11.7. The van der Waals surface area contributed by atoms with Crippen LogP contribution in [-0.4, -0.2) is 23.8 Å². The Morgan fingerprint density at radius 3 is 2.36 bits per heavy atom. The molecule has 4 nitrogen and oxygen atoms in total. The first kappa shape index (κ1) is 17.5. The number of hydrogen-bond acceptors (Lipinski definition) is 3. The summed E-state index contributed by atoms with van der Waals surface area (Å²) in [6.45, 7) is 8.37. The molecule has 1 aromatic carbocycles. The molecule has 25 heavy (non-hydrogen) atoms. The molecular weight excluding hydrogens is 314 g/mol. The number of aromatic amines is 1. The number of carbonyl (C=O) groups excluding carboxylic acids is 2. The Bertz CT molecular complexity index is 822. The number of ketones is 1. The first-order valence-electron chi connectivity index (χ1n) is 8.65. The van der Waals surface area contributed by atoms with E-state index >= 15 is 0 Å². The third kappa shape index (κ3) is 3.13. The number of carbonyl (C=O) groups is 2. The van der Waals surface area contributed by atoms with Gasteiger partial charge in [-0.15, -0.1) is 0 Å². The van der Waals surface area contributed by atoms with Gasteiger partial charge in [-0.3, -0.25) is 4.79 Å². The largest absolute Gasteiger partial charge is 0.464 e. The van der Waals surface area contributed by atoms with Gasteiger partial charge in [0.25, 0.3) is 0 Å². The molecule has 1 aromatic heterocycles. The van der Waals surface area contributed by atoms with Crippen molar-refractivity contribution in [3.8, 4) is 0 Å². The molecule has 1 aliphatic rings. The van der Waals surface area contributed by atoms with Crippen LogP contribution in [-0.2, 0) is 16.6 Å². The van der Waals surface area contributed by atoms with Gasteiger partial charge in [0.15, 0.2) is 5.78 Å². The number of methoxy groups -OCH3 is 1. The van der Waals surface area contributed by atoms with Crippen LogP contribution in [0.1, 0.15) is 76.3 Å². The lowest BCUT2D eigenvalue weighted by Gasteiger charge is -2.24. The van der Waals surface area contributed by atoms with E-state index in [-0.39, 0.29) is 17.1 Å². The summed E-state index contributed by atoms with van der Waals surface area (Å²) in [5.41, 5.74) is 5.17. The summed E-state index contributed by atoms with van der Waals surface area (Å²) in [5.74, 6) is -0.196. The minimum atomic E-state index is -0.425. The second-order valence-corrected chi connectivity index (χ2v) is 7.87. The fourth-order valence-electron chi connectivity index (χ4n) is 3.63. The number of aromatic nitrogens is 1. The van der Waals surface area contributed by atoms with Crippen molar-refractivity contribution >= 4 is 11.8 Å². The van der Waals surface area contributed by atoms with Crippen LogP contribution in [0.25, 0.3) is 0 Å². The van der Waals surface area contributed by atoms with Gasteiger partial charge in [0.05, 0.1) is 7.11 Å². The Hall–Kier alpha value is -2.36. The Kier molecular flexibility index (Phi) is 4.31. The Balaban J connectivity index is 1.91. The third-order valence-electron chi connectivity index (χ3n) is 5.13. The maximum absolute atomic E-state index is 12.7. The summed E-state index contributed by atoms with van der Waals surface area (Å²) in [7, 11) is 1.35. The van der Waals surface area contributed by atoms with E-state index in [4.69, 9.17) is 4.74 Å². The van der Waals surface area contributed by atoms with Crippen molar-refractivity contribution in [3.63, 3.8) is 0 Å². The van der Waals surface area contributed by atoms with Gasteiger partial charge in [-0.2, -0.15) is 0 Å². The van der Waals surface area contributed by atoms with E-state index in [2.05, 4.69) is 50.0 Å². The molecule has 2 aromatic rings. The van der Waals surface area contributed by atoms with Gasteiger partial charge in [0.1, 0.15) is 5.69 Å². The fourth-order valence-corrected chi connectivity index (χ4v) is 3.63. The molecule has 0 fully saturated rings. The fraction of sp³-hybridized carbons (Fsp3) is 0.429. The van der Waals surface area contributed by atoms with E-state index in [1.807, 2.05) is 0 Å². The van der Waals surface area contributed by atoms with Gasteiger partial charge >= 0.3 is 5.97 Å². The summed E-state index contributed by atoms with van der Waals surface area (Å²) in [6, 6.07) is 8.55. The highest BCUT2D eigenvalue weighted by atomic mass is 16.5. The summed E-state index contributed by atoms with van der Waals surface area (Å²) >= 11 is 0. The van der Waals surface area contributed by atoms with Crippen LogP contribution in [0.3, 0.4) is 0 Å². The monoisotopic (exact) mass is 339 g/mol. The van der Waals surface area contributed by atoms with E-state index in [1.165, 1.54) is 18.2 Å². The summed E-state index contributed by atoms with van der Waals surface area (Å²) in [5, 5.41) is 0. The smallest absolute Gasteiger partial charge is 0.354 e. The highest BCUT2D eigenvalue weighted by Gasteiger charge is 2.32. The normalized spacial score (nSPS) is 17.3. The van der Waals surface area contributed by atoms with Crippen molar-refractivity contribution in [1.29, 1.82) is 0 Å². The van der Waals surface area contributed by atoms with Gasteiger partial charge in [0.2, 0.25) is 0 Å². The maximum atomic E-state index is 12.7. The molecule has 3 rings (SSSR count). The molecule has 4 heteroatoms. The first-order valence-corrected chi connectivity index (χ1v) is 8.65.